The molecule has 0 unspecified atom stereocenters. The molecule has 0 aromatic heterocycles. The summed E-state index contributed by atoms with van der Waals surface area (Å²) in [5.41, 5.74) is 1.15. The summed E-state index contributed by atoms with van der Waals surface area (Å²) in [6.07, 6.45) is 0. The second-order valence-corrected chi connectivity index (χ2v) is 8.32. The van der Waals surface area contributed by atoms with Gasteiger partial charge in [-0.1, -0.05) is 29.8 Å². The van der Waals surface area contributed by atoms with Gasteiger partial charge in [-0.3, -0.25) is 4.31 Å². The van der Waals surface area contributed by atoms with E-state index in [2.05, 4.69) is 0 Å². The smallest absolute Gasteiger partial charge is 0.262 e. The van der Waals surface area contributed by atoms with Gasteiger partial charge in [0.2, 0.25) is 0 Å². The monoisotopic (exact) mass is 407 g/mol. The van der Waals surface area contributed by atoms with Crippen molar-refractivity contribution in [3.05, 3.63) is 94.5 Å². The van der Waals surface area contributed by atoms with Gasteiger partial charge in [-0.2, -0.15) is 0 Å². The number of sulfonamides is 1. The van der Waals surface area contributed by atoms with E-state index in [-0.39, 0.29) is 17.1 Å². The second-order valence-electron chi connectivity index (χ2n) is 6.03. The van der Waals surface area contributed by atoms with Crippen molar-refractivity contribution in [2.45, 2.75) is 18.4 Å². The van der Waals surface area contributed by atoms with Gasteiger partial charge < -0.3 is 0 Å². The third-order valence-corrected chi connectivity index (χ3v) is 6.12. The maximum absolute atomic E-state index is 14.1. The number of benzene rings is 3. The van der Waals surface area contributed by atoms with E-state index in [9.17, 15) is 17.2 Å². The first kappa shape index (κ1) is 19.3. The van der Waals surface area contributed by atoms with Crippen LogP contribution in [0.25, 0.3) is 0 Å². The number of anilines is 1. The second kappa shape index (κ2) is 7.66. The molecule has 0 spiro atoms. The molecule has 0 heterocycles. The highest BCUT2D eigenvalue weighted by atomic mass is 35.5. The van der Waals surface area contributed by atoms with E-state index in [0.29, 0.717) is 16.1 Å². The Morgan fingerprint density at radius 2 is 1.56 bits per heavy atom. The lowest BCUT2D eigenvalue weighted by Crippen LogP contribution is -2.30. The maximum atomic E-state index is 14.1. The topological polar surface area (TPSA) is 37.4 Å². The molecular formula is C20H16ClF2NO2S. The fourth-order valence-corrected chi connectivity index (χ4v) is 4.11. The molecule has 3 aromatic rings. The third-order valence-electron chi connectivity index (χ3n) is 4.08. The van der Waals surface area contributed by atoms with Crippen LogP contribution in [0.15, 0.2) is 71.6 Å². The van der Waals surface area contributed by atoms with E-state index in [1.165, 1.54) is 66.7 Å². The van der Waals surface area contributed by atoms with Gasteiger partial charge in [-0.05, 0) is 66.6 Å². The molecule has 3 rings (SSSR count). The molecule has 7 heteroatoms. The number of halogens is 3. The van der Waals surface area contributed by atoms with E-state index in [4.69, 9.17) is 11.6 Å². The Morgan fingerprint density at radius 1 is 0.926 bits per heavy atom. The number of hydrogen-bond acceptors (Lipinski definition) is 2. The van der Waals surface area contributed by atoms with Gasteiger partial charge >= 0.3 is 0 Å². The normalized spacial score (nSPS) is 11.4. The predicted octanol–water partition coefficient (Wildman–Crippen LogP) is 5.32. The van der Waals surface area contributed by atoms with Crippen LogP contribution < -0.4 is 4.31 Å². The highest BCUT2D eigenvalue weighted by Gasteiger charge is 2.26. The van der Waals surface area contributed by atoms with Gasteiger partial charge in [0.1, 0.15) is 11.6 Å². The summed E-state index contributed by atoms with van der Waals surface area (Å²) >= 11 is 5.85. The first-order chi connectivity index (χ1) is 12.8. The molecule has 0 atom stereocenters. The predicted molar refractivity (Wildman–Crippen MR) is 102 cm³/mol. The summed E-state index contributed by atoms with van der Waals surface area (Å²) in [6.45, 7) is 1.52. The highest BCUT2D eigenvalue weighted by Crippen LogP contribution is 2.28. The van der Waals surface area contributed by atoms with Crippen molar-refractivity contribution < 1.29 is 17.2 Å². The third kappa shape index (κ3) is 4.28. The van der Waals surface area contributed by atoms with Crippen LogP contribution in [0.5, 0.6) is 0 Å². The van der Waals surface area contributed by atoms with Crippen LogP contribution >= 0.6 is 11.6 Å². The first-order valence-electron chi connectivity index (χ1n) is 8.06. The Labute approximate surface area is 161 Å². The van der Waals surface area contributed by atoms with E-state index >= 15 is 0 Å². The highest BCUT2D eigenvalue weighted by molar-refractivity contribution is 7.92. The molecule has 0 saturated carbocycles. The van der Waals surface area contributed by atoms with Crippen LogP contribution in [-0.2, 0) is 16.6 Å². The quantitative estimate of drug-likeness (QED) is 0.573. The van der Waals surface area contributed by atoms with Crippen molar-refractivity contribution in [2.75, 3.05) is 4.31 Å². The van der Waals surface area contributed by atoms with Crippen LogP contribution in [0.3, 0.4) is 0 Å². The standard InChI is InChI=1S/C20H16ClF2NO2S/c1-14-2-9-18(12-20(14)23)24(13-15-3-7-17(22)8-4-15)27(25,26)19-10-5-16(21)6-11-19/h2-12H,13H2,1H3. The Bertz CT molecular complexity index is 1050. The van der Waals surface area contributed by atoms with Crippen molar-refractivity contribution in [1.29, 1.82) is 0 Å². The Hall–Kier alpha value is -2.44. The molecule has 0 aliphatic carbocycles. The lowest BCUT2D eigenvalue weighted by molar-refractivity contribution is 0.589. The van der Waals surface area contributed by atoms with Crippen molar-refractivity contribution >= 4 is 27.3 Å². The van der Waals surface area contributed by atoms with Crippen LogP contribution in [-0.4, -0.2) is 8.42 Å². The minimum absolute atomic E-state index is 0.0231. The lowest BCUT2D eigenvalue weighted by atomic mass is 10.2. The van der Waals surface area contributed by atoms with E-state index in [1.54, 1.807) is 6.92 Å². The summed E-state index contributed by atoms with van der Waals surface area (Å²) in [5.74, 6) is -0.935. The average molecular weight is 408 g/mol. The van der Waals surface area contributed by atoms with Crippen molar-refractivity contribution in [1.82, 2.24) is 0 Å². The molecule has 140 valence electrons. The molecule has 0 aliphatic rings. The van der Waals surface area contributed by atoms with Gasteiger partial charge in [-0.25, -0.2) is 17.2 Å². The number of aryl methyl sites for hydroxylation is 1. The number of nitrogens with zero attached hydrogens (tertiary/aromatic N) is 1. The summed E-state index contributed by atoms with van der Waals surface area (Å²) < 4.78 is 54.8. The molecule has 0 aliphatic heterocycles. The minimum atomic E-state index is -3.99. The Morgan fingerprint density at radius 3 is 2.15 bits per heavy atom. The van der Waals surface area contributed by atoms with Gasteiger partial charge in [-0.15, -0.1) is 0 Å². The summed E-state index contributed by atoms with van der Waals surface area (Å²) in [5, 5.41) is 0.403. The molecule has 0 bridgehead atoms. The summed E-state index contributed by atoms with van der Waals surface area (Å²) in [6, 6.07) is 15.4. The minimum Gasteiger partial charge on any atom is -0.262 e. The van der Waals surface area contributed by atoms with E-state index in [1.807, 2.05) is 0 Å². The van der Waals surface area contributed by atoms with Crippen LogP contribution in [0.4, 0.5) is 14.5 Å². The Kier molecular flexibility index (Phi) is 5.48. The number of hydrogen-bond donors (Lipinski definition) is 0. The fraction of sp³-hybridized carbons (Fsp3) is 0.100. The molecule has 3 aromatic carbocycles. The molecule has 3 nitrogen and oxygen atoms in total. The van der Waals surface area contributed by atoms with Gasteiger partial charge in [0.15, 0.2) is 0 Å². The van der Waals surface area contributed by atoms with Gasteiger partial charge in [0, 0.05) is 5.02 Å². The summed E-state index contributed by atoms with van der Waals surface area (Å²) in [4.78, 5) is 0.0231. The summed E-state index contributed by atoms with van der Waals surface area (Å²) in [7, 11) is -3.99. The van der Waals surface area contributed by atoms with Crippen LogP contribution in [0.1, 0.15) is 11.1 Å². The van der Waals surface area contributed by atoms with Crippen molar-refractivity contribution in [2.24, 2.45) is 0 Å². The first-order valence-corrected chi connectivity index (χ1v) is 9.88. The molecule has 0 saturated heterocycles. The van der Waals surface area contributed by atoms with Gasteiger partial charge in [0.05, 0.1) is 17.1 Å². The molecule has 0 fully saturated rings. The molecule has 0 amide bonds. The largest absolute Gasteiger partial charge is 0.264 e. The zero-order valence-electron chi connectivity index (χ0n) is 14.4. The molecule has 0 radical (unpaired) electrons. The van der Waals surface area contributed by atoms with E-state index in [0.717, 1.165) is 4.31 Å². The molecular weight excluding hydrogens is 392 g/mol. The number of rotatable bonds is 5. The van der Waals surface area contributed by atoms with Crippen molar-refractivity contribution in [3.8, 4) is 0 Å². The van der Waals surface area contributed by atoms with Gasteiger partial charge in [0.25, 0.3) is 10.0 Å². The Balaban J connectivity index is 2.09. The lowest BCUT2D eigenvalue weighted by Gasteiger charge is -2.25. The van der Waals surface area contributed by atoms with Crippen LogP contribution in [0, 0.1) is 18.6 Å². The molecule has 0 N–H and O–H groups in total. The fourth-order valence-electron chi connectivity index (χ4n) is 2.54. The maximum Gasteiger partial charge on any atom is 0.264 e. The van der Waals surface area contributed by atoms with Crippen LogP contribution in [0.2, 0.25) is 5.02 Å². The zero-order valence-corrected chi connectivity index (χ0v) is 15.9. The zero-order chi connectivity index (χ0) is 19.6. The van der Waals surface area contributed by atoms with E-state index < -0.39 is 21.7 Å². The molecule has 27 heavy (non-hydrogen) atoms. The average Bonchev–Trinajstić information content (AvgIpc) is 2.64. The SMILES string of the molecule is Cc1ccc(N(Cc2ccc(F)cc2)S(=O)(=O)c2ccc(Cl)cc2)cc1F. The van der Waals surface area contributed by atoms with Crippen molar-refractivity contribution in [3.63, 3.8) is 0 Å².